The quantitative estimate of drug-likeness (QED) is 0.615. The number of rotatable bonds is 2. The number of carboxylic acids is 1. The first-order chi connectivity index (χ1) is 7.34. The number of ketones is 1. The molecule has 16 heavy (non-hydrogen) atoms. The lowest BCUT2D eigenvalue weighted by atomic mass is 10.1. The zero-order valence-corrected chi connectivity index (χ0v) is 8.88. The molecule has 1 amide bonds. The molecule has 0 aromatic rings. The third-order valence-corrected chi connectivity index (χ3v) is 2.12. The number of hydrogen-bond acceptors (Lipinski definition) is 4. The van der Waals surface area contributed by atoms with Crippen molar-refractivity contribution < 1.29 is 24.6 Å². The summed E-state index contributed by atoms with van der Waals surface area (Å²) in [6.45, 7) is -0.411. The molecular weight excluding hydrogens is 216 g/mol. The minimum absolute atomic E-state index is 0.0140. The van der Waals surface area contributed by atoms with Crippen LogP contribution in [0.4, 0.5) is 4.79 Å². The van der Waals surface area contributed by atoms with Crippen LogP contribution in [-0.2, 0) is 9.59 Å². The van der Waals surface area contributed by atoms with E-state index in [0.717, 1.165) is 0 Å². The average Bonchev–Trinajstić information content (AvgIpc) is 2.43. The third kappa shape index (κ3) is 2.13. The molecule has 0 saturated carbocycles. The second-order valence-electron chi connectivity index (χ2n) is 3.62. The first-order valence-corrected chi connectivity index (χ1v) is 4.48. The first-order valence-electron chi connectivity index (χ1n) is 4.48. The van der Waals surface area contributed by atoms with E-state index in [4.69, 9.17) is 10.2 Å². The van der Waals surface area contributed by atoms with Gasteiger partial charge in [0.15, 0.2) is 11.8 Å². The van der Waals surface area contributed by atoms with E-state index in [1.165, 1.54) is 11.1 Å². The highest BCUT2D eigenvalue weighted by atomic mass is 16.4. The fourth-order valence-electron chi connectivity index (χ4n) is 1.52. The molecule has 0 aliphatic carbocycles. The van der Waals surface area contributed by atoms with Gasteiger partial charge < -0.3 is 15.1 Å². The van der Waals surface area contributed by atoms with E-state index in [2.05, 4.69) is 0 Å². The van der Waals surface area contributed by atoms with Gasteiger partial charge in [0.05, 0.1) is 6.54 Å². The van der Waals surface area contributed by atoms with Gasteiger partial charge >= 0.3 is 12.1 Å². The molecule has 88 valence electrons. The van der Waals surface area contributed by atoms with Gasteiger partial charge in [-0.05, 0) is 0 Å². The lowest BCUT2D eigenvalue weighted by Crippen LogP contribution is -2.40. The van der Waals surface area contributed by atoms with Crippen LogP contribution in [-0.4, -0.2) is 64.5 Å². The molecule has 7 nitrogen and oxygen atoms in total. The van der Waals surface area contributed by atoms with Crippen molar-refractivity contribution in [3.63, 3.8) is 0 Å². The molecule has 1 atom stereocenters. The monoisotopic (exact) mass is 228 g/mol. The van der Waals surface area contributed by atoms with Gasteiger partial charge in [0, 0.05) is 25.9 Å². The van der Waals surface area contributed by atoms with E-state index < -0.39 is 30.4 Å². The van der Waals surface area contributed by atoms with Crippen LogP contribution in [0.1, 0.15) is 0 Å². The van der Waals surface area contributed by atoms with Crippen molar-refractivity contribution >= 4 is 17.8 Å². The maximum Gasteiger partial charge on any atom is 0.408 e. The van der Waals surface area contributed by atoms with E-state index in [0.29, 0.717) is 4.90 Å². The molecule has 1 aliphatic heterocycles. The summed E-state index contributed by atoms with van der Waals surface area (Å²) in [5.41, 5.74) is -0.0140. The highest BCUT2D eigenvalue weighted by Gasteiger charge is 2.43. The Hall–Kier alpha value is -2.05. The first kappa shape index (κ1) is 12.0. The molecule has 0 radical (unpaired) electrons. The molecule has 7 heteroatoms. The minimum atomic E-state index is -1.41. The van der Waals surface area contributed by atoms with Gasteiger partial charge in [-0.25, -0.2) is 9.59 Å². The average molecular weight is 228 g/mol. The van der Waals surface area contributed by atoms with E-state index in [1.54, 1.807) is 14.1 Å². The number of nitrogens with zero attached hydrogens (tertiary/aromatic N) is 2. The predicted octanol–water partition coefficient (Wildman–Crippen LogP) is -0.552. The Balaban J connectivity index is 3.13. The van der Waals surface area contributed by atoms with Crippen molar-refractivity contribution in [3.05, 3.63) is 11.8 Å². The van der Waals surface area contributed by atoms with Crippen LogP contribution in [0.25, 0.3) is 0 Å². The fraction of sp³-hybridized carbons (Fsp3) is 0.444. The molecule has 1 unspecified atom stereocenters. The topological polar surface area (TPSA) is 98.2 Å². The lowest BCUT2D eigenvalue weighted by Gasteiger charge is -2.17. The number of carbonyl (C=O) groups excluding carboxylic acids is 1. The molecule has 0 aromatic heterocycles. The molecule has 1 heterocycles. The highest BCUT2D eigenvalue weighted by molar-refractivity contribution is 6.08. The summed E-state index contributed by atoms with van der Waals surface area (Å²) in [5, 5.41) is 17.7. The van der Waals surface area contributed by atoms with Crippen LogP contribution in [0.5, 0.6) is 0 Å². The van der Waals surface area contributed by atoms with Gasteiger partial charge in [0.1, 0.15) is 0 Å². The largest absolute Gasteiger partial charge is 0.479 e. The second kappa shape index (κ2) is 4.21. The Morgan fingerprint density at radius 2 is 2.00 bits per heavy atom. The molecule has 1 rings (SSSR count). The SMILES string of the molecule is CN(C)/C=C1/C(=O)CN(C(=O)O)C1C(=O)O. The molecule has 0 aromatic carbocycles. The summed E-state index contributed by atoms with van der Waals surface area (Å²) in [7, 11) is 3.26. The van der Waals surface area contributed by atoms with Crippen molar-refractivity contribution in [1.82, 2.24) is 9.80 Å². The van der Waals surface area contributed by atoms with Gasteiger partial charge in [-0.2, -0.15) is 0 Å². The van der Waals surface area contributed by atoms with Crippen molar-refractivity contribution in [1.29, 1.82) is 0 Å². The van der Waals surface area contributed by atoms with Crippen LogP contribution in [0.3, 0.4) is 0 Å². The Morgan fingerprint density at radius 1 is 1.44 bits per heavy atom. The molecule has 1 fully saturated rings. The Bertz CT molecular complexity index is 374. The van der Waals surface area contributed by atoms with Crippen molar-refractivity contribution in [2.75, 3.05) is 20.6 Å². The Labute approximate surface area is 91.6 Å². The molecule has 1 aliphatic rings. The van der Waals surface area contributed by atoms with Crippen molar-refractivity contribution in [2.24, 2.45) is 0 Å². The van der Waals surface area contributed by atoms with E-state index in [9.17, 15) is 14.4 Å². The molecule has 0 bridgehead atoms. The van der Waals surface area contributed by atoms with Crippen LogP contribution in [0.15, 0.2) is 11.8 Å². The zero-order chi connectivity index (χ0) is 12.5. The number of hydrogen-bond donors (Lipinski definition) is 2. The van der Waals surface area contributed by atoms with E-state index in [-0.39, 0.29) is 5.57 Å². The van der Waals surface area contributed by atoms with Gasteiger partial charge in [0.2, 0.25) is 0 Å². The lowest BCUT2D eigenvalue weighted by molar-refractivity contribution is -0.140. The van der Waals surface area contributed by atoms with Crippen LogP contribution < -0.4 is 0 Å². The number of Topliss-reactive ketones (excluding diaryl/α,β-unsaturated/α-hetero) is 1. The van der Waals surface area contributed by atoms with Crippen LogP contribution >= 0.6 is 0 Å². The summed E-state index contributed by atoms with van der Waals surface area (Å²) in [6.07, 6.45) is -0.0766. The van der Waals surface area contributed by atoms with E-state index in [1.807, 2.05) is 0 Å². The Kier molecular flexibility index (Phi) is 3.17. The summed E-state index contributed by atoms with van der Waals surface area (Å²) in [5.74, 6) is -1.83. The standard InChI is InChI=1S/C9H12N2O5/c1-10(2)3-5-6(12)4-11(9(15)16)7(5)8(13)14/h3,7H,4H2,1-2H3,(H,13,14)(H,15,16)/b5-3-. The second-order valence-corrected chi connectivity index (χ2v) is 3.62. The zero-order valence-electron chi connectivity index (χ0n) is 8.88. The maximum absolute atomic E-state index is 11.5. The molecular formula is C9H12N2O5. The summed E-state index contributed by atoms with van der Waals surface area (Å²) >= 11 is 0. The van der Waals surface area contributed by atoms with Gasteiger partial charge in [-0.1, -0.05) is 0 Å². The summed E-state index contributed by atoms with van der Waals surface area (Å²) < 4.78 is 0. The highest BCUT2D eigenvalue weighted by Crippen LogP contribution is 2.21. The third-order valence-electron chi connectivity index (χ3n) is 2.12. The Morgan fingerprint density at radius 3 is 2.38 bits per heavy atom. The number of likely N-dealkylation sites (tertiary alicyclic amines) is 1. The van der Waals surface area contributed by atoms with Crippen LogP contribution in [0.2, 0.25) is 0 Å². The molecule has 2 N–H and O–H groups in total. The van der Waals surface area contributed by atoms with Crippen molar-refractivity contribution in [2.45, 2.75) is 6.04 Å². The summed E-state index contributed by atoms with van der Waals surface area (Å²) in [6, 6.07) is -1.41. The summed E-state index contributed by atoms with van der Waals surface area (Å²) in [4.78, 5) is 35.3. The van der Waals surface area contributed by atoms with E-state index >= 15 is 0 Å². The fourth-order valence-corrected chi connectivity index (χ4v) is 1.52. The predicted molar refractivity (Wildman–Crippen MR) is 52.9 cm³/mol. The number of carboxylic acid groups (broad SMARTS) is 2. The number of amides is 1. The maximum atomic E-state index is 11.5. The normalized spacial score (nSPS) is 22.6. The minimum Gasteiger partial charge on any atom is -0.479 e. The van der Waals surface area contributed by atoms with Gasteiger partial charge in [0.25, 0.3) is 0 Å². The van der Waals surface area contributed by atoms with Gasteiger partial charge in [-0.15, -0.1) is 0 Å². The number of aliphatic carboxylic acids is 1. The smallest absolute Gasteiger partial charge is 0.408 e. The molecule has 0 spiro atoms. The molecule has 1 saturated heterocycles. The number of carbonyl (C=O) groups is 3. The van der Waals surface area contributed by atoms with Crippen LogP contribution in [0, 0.1) is 0 Å². The van der Waals surface area contributed by atoms with Gasteiger partial charge in [-0.3, -0.25) is 9.69 Å². The van der Waals surface area contributed by atoms with Crippen molar-refractivity contribution in [3.8, 4) is 0 Å².